The topological polar surface area (TPSA) is 72.5 Å². The van der Waals surface area contributed by atoms with Gasteiger partial charge in [-0.1, -0.05) is 18.2 Å². The van der Waals surface area contributed by atoms with Crippen molar-refractivity contribution in [1.82, 2.24) is 0 Å². The van der Waals surface area contributed by atoms with E-state index in [-0.39, 0.29) is 6.54 Å². The van der Waals surface area contributed by atoms with Crippen LogP contribution in [0.2, 0.25) is 0 Å². The van der Waals surface area contributed by atoms with E-state index in [2.05, 4.69) is 0 Å². The van der Waals surface area contributed by atoms with E-state index in [0.717, 1.165) is 0 Å². The van der Waals surface area contributed by atoms with Crippen molar-refractivity contribution in [3.63, 3.8) is 0 Å². The first-order chi connectivity index (χ1) is 6.24. The van der Waals surface area contributed by atoms with Crippen molar-refractivity contribution >= 4 is 5.97 Å². The van der Waals surface area contributed by atoms with Gasteiger partial charge in [0.1, 0.15) is 5.75 Å². The zero-order valence-electron chi connectivity index (χ0n) is 7.01. The van der Waals surface area contributed by atoms with Crippen LogP contribution in [0.5, 0.6) is 5.75 Å². The van der Waals surface area contributed by atoms with Crippen molar-refractivity contribution in [2.45, 2.75) is 6.10 Å². The molecule has 0 saturated carbocycles. The van der Waals surface area contributed by atoms with Crippen LogP contribution in [0, 0.1) is 0 Å². The van der Waals surface area contributed by atoms with Crippen LogP contribution in [0.3, 0.4) is 0 Å². The highest BCUT2D eigenvalue weighted by Crippen LogP contribution is 2.10. The van der Waals surface area contributed by atoms with E-state index in [0.29, 0.717) is 5.75 Å². The molecule has 0 amide bonds. The summed E-state index contributed by atoms with van der Waals surface area (Å²) in [5.41, 5.74) is 5.22. The first-order valence-corrected chi connectivity index (χ1v) is 3.88. The number of carboxylic acids is 1. The molecule has 1 aromatic rings. The zero-order chi connectivity index (χ0) is 9.68. The number of para-hydroxylation sites is 1. The number of ether oxygens (including phenoxy) is 1. The summed E-state index contributed by atoms with van der Waals surface area (Å²) in [5.74, 6) is -0.535. The van der Waals surface area contributed by atoms with Gasteiger partial charge in [-0.05, 0) is 12.1 Å². The van der Waals surface area contributed by atoms with Gasteiger partial charge in [-0.25, -0.2) is 4.79 Å². The quantitative estimate of drug-likeness (QED) is 0.708. The number of benzene rings is 1. The molecule has 0 aliphatic rings. The normalized spacial score (nSPS) is 12.1. The lowest BCUT2D eigenvalue weighted by Gasteiger charge is -2.12. The second-order valence-corrected chi connectivity index (χ2v) is 2.49. The second-order valence-electron chi connectivity index (χ2n) is 2.49. The Morgan fingerprint density at radius 3 is 2.54 bits per heavy atom. The van der Waals surface area contributed by atoms with E-state index in [1.54, 1.807) is 24.3 Å². The predicted molar refractivity (Wildman–Crippen MR) is 47.5 cm³/mol. The third-order valence-electron chi connectivity index (χ3n) is 1.51. The Morgan fingerprint density at radius 2 is 2.08 bits per heavy atom. The molecule has 0 unspecified atom stereocenters. The lowest BCUT2D eigenvalue weighted by molar-refractivity contribution is -0.144. The van der Waals surface area contributed by atoms with Crippen LogP contribution in [0.1, 0.15) is 0 Å². The molecule has 0 fully saturated rings. The van der Waals surface area contributed by atoms with Gasteiger partial charge in [-0.2, -0.15) is 0 Å². The number of rotatable bonds is 4. The summed E-state index contributed by atoms with van der Waals surface area (Å²) in [5, 5.41) is 8.63. The minimum atomic E-state index is -1.05. The van der Waals surface area contributed by atoms with Crippen LogP contribution < -0.4 is 10.5 Å². The molecule has 4 nitrogen and oxygen atoms in total. The number of hydrogen-bond donors (Lipinski definition) is 2. The van der Waals surface area contributed by atoms with E-state index < -0.39 is 12.1 Å². The van der Waals surface area contributed by atoms with Crippen molar-refractivity contribution in [2.75, 3.05) is 6.54 Å². The predicted octanol–water partition coefficient (Wildman–Crippen LogP) is 0.477. The highest BCUT2D eigenvalue weighted by Gasteiger charge is 2.16. The standard InChI is InChI=1S/C9H11NO3/c10-6-8(9(11)12)13-7-4-2-1-3-5-7/h1-5,8H,6,10H2,(H,11,12)/t8-/m1/s1. The number of aliphatic carboxylic acids is 1. The van der Waals surface area contributed by atoms with Gasteiger partial charge in [0.2, 0.25) is 6.10 Å². The van der Waals surface area contributed by atoms with E-state index in [1.807, 2.05) is 6.07 Å². The van der Waals surface area contributed by atoms with Crippen molar-refractivity contribution in [2.24, 2.45) is 5.73 Å². The maximum absolute atomic E-state index is 10.5. The van der Waals surface area contributed by atoms with Gasteiger partial charge in [-0.15, -0.1) is 0 Å². The Labute approximate surface area is 75.9 Å². The average molecular weight is 181 g/mol. The summed E-state index contributed by atoms with van der Waals surface area (Å²) in [6.07, 6.45) is -0.970. The fourth-order valence-corrected chi connectivity index (χ4v) is 0.863. The molecule has 0 aromatic heterocycles. The van der Waals surface area contributed by atoms with E-state index in [1.165, 1.54) is 0 Å². The van der Waals surface area contributed by atoms with Crippen molar-refractivity contribution in [1.29, 1.82) is 0 Å². The van der Waals surface area contributed by atoms with Crippen LogP contribution >= 0.6 is 0 Å². The molecule has 0 spiro atoms. The SMILES string of the molecule is NC[C@@H](Oc1ccccc1)C(=O)O. The van der Waals surface area contributed by atoms with Crippen molar-refractivity contribution in [3.8, 4) is 5.75 Å². The molecule has 1 rings (SSSR count). The summed E-state index contributed by atoms with van der Waals surface area (Å²) >= 11 is 0. The molecule has 13 heavy (non-hydrogen) atoms. The maximum atomic E-state index is 10.5. The molecule has 0 heterocycles. The molecule has 4 heteroatoms. The largest absolute Gasteiger partial charge is 0.478 e. The minimum Gasteiger partial charge on any atom is -0.478 e. The molecular weight excluding hydrogens is 170 g/mol. The molecule has 0 bridgehead atoms. The molecule has 3 N–H and O–H groups in total. The summed E-state index contributed by atoms with van der Waals surface area (Å²) in [6, 6.07) is 8.73. The Balaban J connectivity index is 2.62. The highest BCUT2D eigenvalue weighted by molar-refractivity contribution is 5.73. The van der Waals surface area contributed by atoms with Crippen LogP contribution in [0.15, 0.2) is 30.3 Å². The minimum absolute atomic E-state index is 0.0375. The lowest BCUT2D eigenvalue weighted by atomic mass is 10.3. The molecule has 1 atom stereocenters. The third kappa shape index (κ3) is 2.76. The van der Waals surface area contributed by atoms with Gasteiger partial charge < -0.3 is 15.6 Å². The van der Waals surface area contributed by atoms with Gasteiger partial charge in [0.15, 0.2) is 0 Å². The smallest absolute Gasteiger partial charge is 0.346 e. The molecule has 70 valence electrons. The summed E-state index contributed by atoms with van der Waals surface area (Å²) in [6.45, 7) is -0.0375. The number of hydrogen-bond acceptors (Lipinski definition) is 3. The molecular formula is C9H11NO3. The Morgan fingerprint density at radius 1 is 1.46 bits per heavy atom. The number of carboxylic acid groups (broad SMARTS) is 1. The zero-order valence-corrected chi connectivity index (χ0v) is 7.01. The summed E-state index contributed by atoms with van der Waals surface area (Å²) in [4.78, 5) is 10.5. The van der Waals surface area contributed by atoms with Crippen LogP contribution in [0.4, 0.5) is 0 Å². The number of nitrogens with two attached hydrogens (primary N) is 1. The van der Waals surface area contributed by atoms with Gasteiger partial charge >= 0.3 is 5.97 Å². The monoisotopic (exact) mass is 181 g/mol. The van der Waals surface area contributed by atoms with Gasteiger partial charge in [0.05, 0.1) is 0 Å². The Kier molecular flexibility index (Phi) is 3.28. The summed E-state index contributed by atoms with van der Waals surface area (Å²) < 4.78 is 5.10. The Bertz CT molecular complexity index is 273. The van der Waals surface area contributed by atoms with Crippen molar-refractivity contribution < 1.29 is 14.6 Å². The summed E-state index contributed by atoms with van der Waals surface area (Å²) in [7, 11) is 0. The van der Waals surface area contributed by atoms with Gasteiger partial charge in [-0.3, -0.25) is 0 Å². The highest BCUT2D eigenvalue weighted by atomic mass is 16.5. The van der Waals surface area contributed by atoms with Crippen LogP contribution in [-0.2, 0) is 4.79 Å². The fraction of sp³-hybridized carbons (Fsp3) is 0.222. The van der Waals surface area contributed by atoms with Gasteiger partial charge in [0, 0.05) is 6.54 Å². The van der Waals surface area contributed by atoms with E-state index in [4.69, 9.17) is 15.6 Å². The Hall–Kier alpha value is -1.55. The van der Waals surface area contributed by atoms with Crippen LogP contribution in [-0.4, -0.2) is 23.7 Å². The molecule has 0 saturated heterocycles. The first-order valence-electron chi connectivity index (χ1n) is 3.88. The molecule has 0 aliphatic heterocycles. The second kappa shape index (κ2) is 4.47. The number of carbonyl (C=O) groups is 1. The van der Waals surface area contributed by atoms with E-state index in [9.17, 15) is 4.79 Å². The fourth-order valence-electron chi connectivity index (χ4n) is 0.863. The van der Waals surface area contributed by atoms with Gasteiger partial charge in [0.25, 0.3) is 0 Å². The molecule has 0 aliphatic carbocycles. The average Bonchev–Trinajstić information content (AvgIpc) is 2.15. The third-order valence-corrected chi connectivity index (χ3v) is 1.51. The lowest BCUT2D eigenvalue weighted by Crippen LogP contribution is -2.34. The maximum Gasteiger partial charge on any atom is 0.346 e. The first kappa shape index (κ1) is 9.54. The van der Waals surface area contributed by atoms with Crippen LogP contribution in [0.25, 0.3) is 0 Å². The molecule has 0 radical (unpaired) electrons. The van der Waals surface area contributed by atoms with Crippen molar-refractivity contribution in [3.05, 3.63) is 30.3 Å². The van der Waals surface area contributed by atoms with E-state index >= 15 is 0 Å². The molecule has 1 aromatic carbocycles.